The summed E-state index contributed by atoms with van der Waals surface area (Å²) in [6.07, 6.45) is 0. The van der Waals surface area contributed by atoms with Crippen molar-refractivity contribution in [1.29, 1.82) is 5.41 Å². The van der Waals surface area contributed by atoms with Crippen molar-refractivity contribution >= 4 is 17.3 Å². The minimum absolute atomic E-state index is 0.0975. The van der Waals surface area contributed by atoms with Crippen molar-refractivity contribution in [3.63, 3.8) is 0 Å². The normalized spacial score (nSPS) is 13.6. The summed E-state index contributed by atoms with van der Waals surface area (Å²) in [4.78, 5) is 29.5. The highest BCUT2D eigenvalue weighted by Crippen LogP contribution is 2.38. The lowest BCUT2D eigenvalue weighted by Crippen LogP contribution is -2.30. The van der Waals surface area contributed by atoms with Gasteiger partial charge in [-0.05, 0) is 24.5 Å². The van der Waals surface area contributed by atoms with E-state index in [1.54, 1.807) is 25.7 Å². The fourth-order valence-corrected chi connectivity index (χ4v) is 3.24. The van der Waals surface area contributed by atoms with E-state index < -0.39 is 21.8 Å². The SMILES string of the molecule is Cc1ccc2c(n1)C(=N)N(CC(=O)c1cc([N+](=O)[O-])c(O)c(C(C)(C)C)c1)C2. The fraction of sp³-hybridized carbons (Fsp3) is 0.350. The molecule has 1 aromatic carbocycles. The van der Waals surface area contributed by atoms with Crippen LogP contribution < -0.4 is 0 Å². The molecule has 0 radical (unpaired) electrons. The van der Waals surface area contributed by atoms with E-state index in [9.17, 15) is 20.0 Å². The first-order valence-corrected chi connectivity index (χ1v) is 8.84. The standard InChI is InChI=1S/C20H22N4O4/c1-11-5-6-12-9-23(19(21)17(12)22-11)10-16(25)13-7-14(20(2,3)4)18(26)15(8-13)24(27)28/h5-8,21,26H,9-10H2,1-4H3. The summed E-state index contributed by atoms with van der Waals surface area (Å²) in [5, 5.41) is 29.9. The van der Waals surface area contributed by atoms with Crippen molar-refractivity contribution in [3.8, 4) is 5.75 Å². The molecule has 8 nitrogen and oxygen atoms in total. The lowest BCUT2D eigenvalue weighted by Gasteiger charge is -2.22. The summed E-state index contributed by atoms with van der Waals surface area (Å²) in [6, 6.07) is 6.35. The minimum atomic E-state index is -0.693. The van der Waals surface area contributed by atoms with E-state index in [1.807, 2.05) is 19.1 Å². The first-order chi connectivity index (χ1) is 13.0. The molecule has 2 heterocycles. The zero-order valence-corrected chi connectivity index (χ0v) is 16.2. The van der Waals surface area contributed by atoms with Crippen LogP contribution in [0.25, 0.3) is 0 Å². The molecule has 0 fully saturated rings. The van der Waals surface area contributed by atoms with Crippen LogP contribution in [0.1, 0.15) is 53.6 Å². The Morgan fingerprint density at radius 3 is 2.64 bits per heavy atom. The molecular weight excluding hydrogens is 360 g/mol. The third kappa shape index (κ3) is 3.45. The van der Waals surface area contributed by atoms with Gasteiger partial charge in [0.05, 0.1) is 11.5 Å². The fourth-order valence-electron chi connectivity index (χ4n) is 3.24. The number of hydrogen-bond donors (Lipinski definition) is 2. The Morgan fingerprint density at radius 2 is 2.04 bits per heavy atom. The van der Waals surface area contributed by atoms with Crippen molar-refractivity contribution < 1.29 is 14.8 Å². The Hall–Kier alpha value is -3.29. The van der Waals surface area contributed by atoms with Crippen LogP contribution in [0.5, 0.6) is 5.75 Å². The number of pyridine rings is 1. The monoisotopic (exact) mass is 382 g/mol. The molecule has 8 heteroatoms. The molecule has 0 saturated carbocycles. The highest BCUT2D eigenvalue weighted by atomic mass is 16.6. The molecule has 0 aliphatic carbocycles. The van der Waals surface area contributed by atoms with E-state index in [0.717, 1.165) is 17.3 Å². The smallest absolute Gasteiger partial charge is 0.311 e. The second kappa shape index (κ2) is 6.70. The van der Waals surface area contributed by atoms with E-state index in [4.69, 9.17) is 5.41 Å². The first-order valence-electron chi connectivity index (χ1n) is 8.84. The Morgan fingerprint density at radius 1 is 1.36 bits per heavy atom. The number of nitro benzene ring substituents is 1. The van der Waals surface area contributed by atoms with Gasteiger partial charge in [-0.2, -0.15) is 0 Å². The number of aromatic hydroxyl groups is 1. The van der Waals surface area contributed by atoms with Crippen LogP contribution in [0.4, 0.5) is 5.69 Å². The van der Waals surface area contributed by atoms with Crippen molar-refractivity contribution in [3.05, 3.63) is 62.5 Å². The Balaban J connectivity index is 1.92. The van der Waals surface area contributed by atoms with E-state index in [1.165, 1.54) is 6.07 Å². The zero-order valence-electron chi connectivity index (χ0n) is 16.2. The van der Waals surface area contributed by atoms with Gasteiger partial charge in [-0.1, -0.05) is 26.8 Å². The molecule has 0 saturated heterocycles. The number of phenolic OH excluding ortho intramolecular Hbond substituents is 1. The number of benzene rings is 1. The number of aryl methyl sites for hydroxylation is 1. The van der Waals surface area contributed by atoms with Gasteiger partial charge in [0.15, 0.2) is 11.5 Å². The van der Waals surface area contributed by atoms with Crippen molar-refractivity contribution in [1.82, 2.24) is 9.88 Å². The topological polar surface area (TPSA) is 120 Å². The quantitative estimate of drug-likeness (QED) is 0.475. The predicted octanol–water partition coefficient (Wildman–Crippen LogP) is 3.33. The number of nitro groups is 1. The van der Waals surface area contributed by atoms with E-state index in [2.05, 4.69) is 4.98 Å². The lowest BCUT2D eigenvalue weighted by atomic mass is 9.84. The van der Waals surface area contributed by atoms with Crippen LogP contribution in [-0.4, -0.2) is 38.1 Å². The van der Waals surface area contributed by atoms with Crippen LogP contribution in [0.2, 0.25) is 0 Å². The Bertz CT molecular complexity index is 1010. The molecule has 2 N–H and O–H groups in total. The summed E-state index contributed by atoms with van der Waals surface area (Å²) in [7, 11) is 0. The molecule has 28 heavy (non-hydrogen) atoms. The van der Waals surface area contributed by atoms with Gasteiger partial charge >= 0.3 is 5.69 Å². The molecule has 1 aliphatic heterocycles. The van der Waals surface area contributed by atoms with E-state index in [0.29, 0.717) is 17.8 Å². The maximum Gasteiger partial charge on any atom is 0.311 e. The molecule has 0 atom stereocenters. The second-order valence-electron chi connectivity index (χ2n) is 7.99. The summed E-state index contributed by atoms with van der Waals surface area (Å²) in [6.45, 7) is 7.55. The molecule has 0 amide bonds. The number of hydrogen-bond acceptors (Lipinski definition) is 6. The number of nitrogens with zero attached hydrogens (tertiary/aromatic N) is 3. The van der Waals surface area contributed by atoms with Crippen molar-refractivity contribution in [2.45, 2.75) is 39.7 Å². The molecule has 146 valence electrons. The van der Waals surface area contributed by atoms with Gasteiger partial charge in [0.25, 0.3) is 0 Å². The van der Waals surface area contributed by atoms with Gasteiger partial charge in [-0.3, -0.25) is 20.3 Å². The first kappa shape index (κ1) is 19.5. The minimum Gasteiger partial charge on any atom is -0.502 e. The van der Waals surface area contributed by atoms with Crippen molar-refractivity contribution in [2.24, 2.45) is 0 Å². The number of carbonyl (C=O) groups excluding carboxylic acids is 1. The third-order valence-corrected chi connectivity index (χ3v) is 4.77. The number of aromatic nitrogens is 1. The average molecular weight is 382 g/mol. The zero-order chi connectivity index (χ0) is 20.8. The number of Topliss-reactive ketones (excluding diaryl/α,β-unsaturated/α-hetero) is 1. The Kier molecular flexibility index (Phi) is 4.66. The summed E-state index contributed by atoms with van der Waals surface area (Å²) in [5.41, 5.74) is 1.62. The van der Waals surface area contributed by atoms with Crippen LogP contribution in [0.3, 0.4) is 0 Å². The molecule has 0 spiro atoms. The van der Waals surface area contributed by atoms with Crippen LogP contribution in [-0.2, 0) is 12.0 Å². The number of nitrogens with one attached hydrogen (secondary N) is 1. The number of amidine groups is 1. The van der Waals surface area contributed by atoms with Crippen LogP contribution in [0, 0.1) is 22.4 Å². The number of carbonyl (C=O) groups is 1. The Labute approximate surface area is 162 Å². The molecule has 1 aromatic heterocycles. The highest BCUT2D eigenvalue weighted by molar-refractivity contribution is 6.04. The molecule has 1 aliphatic rings. The predicted molar refractivity (Wildman–Crippen MR) is 104 cm³/mol. The van der Waals surface area contributed by atoms with E-state index >= 15 is 0 Å². The lowest BCUT2D eigenvalue weighted by molar-refractivity contribution is -0.386. The summed E-state index contributed by atoms with van der Waals surface area (Å²) in [5.74, 6) is -0.616. The van der Waals surface area contributed by atoms with Gasteiger partial charge in [0.1, 0.15) is 11.5 Å². The largest absolute Gasteiger partial charge is 0.502 e. The molecule has 3 rings (SSSR count). The van der Waals surface area contributed by atoms with E-state index in [-0.39, 0.29) is 23.7 Å². The molecule has 0 bridgehead atoms. The second-order valence-corrected chi connectivity index (χ2v) is 7.99. The maximum absolute atomic E-state index is 12.9. The van der Waals surface area contributed by atoms with Gasteiger partial charge in [-0.15, -0.1) is 0 Å². The highest BCUT2D eigenvalue weighted by Gasteiger charge is 2.31. The average Bonchev–Trinajstić information content (AvgIpc) is 2.89. The van der Waals surface area contributed by atoms with Crippen LogP contribution >= 0.6 is 0 Å². The van der Waals surface area contributed by atoms with Gasteiger partial charge in [0.2, 0.25) is 0 Å². The van der Waals surface area contributed by atoms with Gasteiger partial charge < -0.3 is 10.0 Å². The molecular formula is C20H22N4O4. The summed E-state index contributed by atoms with van der Waals surface area (Å²) < 4.78 is 0. The van der Waals surface area contributed by atoms with Crippen LogP contribution in [0.15, 0.2) is 24.3 Å². The number of rotatable bonds is 4. The van der Waals surface area contributed by atoms with Gasteiger partial charge in [0, 0.05) is 35.0 Å². The summed E-state index contributed by atoms with van der Waals surface area (Å²) >= 11 is 0. The number of phenols is 1. The van der Waals surface area contributed by atoms with Gasteiger partial charge in [-0.25, -0.2) is 4.98 Å². The number of ketones is 1. The molecule has 0 unspecified atom stereocenters. The third-order valence-electron chi connectivity index (χ3n) is 4.77. The maximum atomic E-state index is 12.9. The van der Waals surface area contributed by atoms with Crippen molar-refractivity contribution in [2.75, 3.05) is 6.54 Å². The molecule has 2 aromatic rings. The number of fused-ring (bicyclic) bond motifs is 1.